The van der Waals surface area contributed by atoms with Crippen molar-refractivity contribution in [1.29, 1.82) is 0 Å². The van der Waals surface area contributed by atoms with Crippen LogP contribution in [0.25, 0.3) is 0 Å². The van der Waals surface area contributed by atoms with Gasteiger partial charge < -0.3 is 10.1 Å². The Labute approximate surface area is 128 Å². The molecule has 1 aromatic carbocycles. The third-order valence-corrected chi connectivity index (χ3v) is 3.66. The lowest BCUT2D eigenvalue weighted by molar-refractivity contribution is 0.291. The second-order valence-electron chi connectivity index (χ2n) is 5.04. The van der Waals surface area contributed by atoms with Crippen molar-refractivity contribution in [1.82, 2.24) is 15.0 Å². The SMILES string of the molecule is CCCOc1nc(Cl)nc(NCC2Cc3ccccc32)n1. The molecule has 3 rings (SSSR count). The van der Waals surface area contributed by atoms with Gasteiger partial charge in [-0.25, -0.2) is 0 Å². The zero-order chi connectivity index (χ0) is 14.7. The van der Waals surface area contributed by atoms with Crippen LogP contribution in [0.5, 0.6) is 6.01 Å². The van der Waals surface area contributed by atoms with Crippen LogP contribution in [-0.2, 0) is 6.42 Å². The van der Waals surface area contributed by atoms with E-state index in [4.69, 9.17) is 16.3 Å². The lowest BCUT2D eigenvalue weighted by Crippen LogP contribution is -2.25. The number of anilines is 1. The summed E-state index contributed by atoms with van der Waals surface area (Å²) in [5.74, 6) is 0.960. The van der Waals surface area contributed by atoms with E-state index >= 15 is 0 Å². The highest BCUT2D eigenvalue weighted by atomic mass is 35.5. The number of rotatable bonds is 6. The lowest BCUT2D eigenvalue weighted by atomic mass is 9.78. The first-order chi connectivity index (χ1) is 10.3. The van der Waals surface area contributed by atoms with E-state index in [1.165, 1.54) is 11.1 Å². The Balaban J connectivity index is 1.62. The topological polar surface area (TPSA) is 59.9 Å². The number of aromatic nitrogens is 3. The van der Waals surface area contributed by atoms with Crippen molar-refractivity contribution in [3.05, 3.63) is 40.7 Å². The zero-order valence-electron chi connectivity index (χ0n) is 11.8. The number of halogens is 1. The van der Waals surface area contributed by atoms with Gasteiger partial charge in [-0.2, -0.15) is 15.0 Å². The van der Waals surface area contributed by atoms with Gasteiger partial charge in [0.05, 0.1) is 6.61 Å². The van der Waals surface area contributed by atoms with Crippen LogP contribution >= 0.6 is 11.6 Å². The molecule has 1 aliphatic rings. The smallest absolute Gasteiger partial charge is 0.322 e. The molecule has 0 fully saturated rings. The molecule has 0 bridgehead atoms. The Morgan fingerprint density at radius 1 is 1.29 bits per heavy atom. The molecule has 0 saturated carbocycles. The van der Waals surface area contributed by atoms with Crippen LogP contribution in [0.1, 0.15) is 30.4 Å². The van der Waals surface area contributed by atoms with Gasteiger partial charge >= 0.3 is 6.01 Å². The number of fused-ring (bicyclic) bond motifs is 1. The number of nitrogens with zero attached hydrogens (tertiary/aromatic N) is 3. The first-order valence-corrected chi connectivity index (χ1v) is 7.50. The second-order valence-corrected chi connectivity index (χ2v) is 5.38. The van der Waals surface area contributed by atoms with Gasteiger partial charge in [-0.3, -0.25) is 0 Å². The first-order valence-electron chi connectivity index (χ1n) is 7.12. The summed E-state index contributed by atoms with van der Waals surface area (Å²) in [6.07, 6.45) is 1.98. The molecular formula is C15H17ClN4O. The van der Waals surface area contributed by atoms with Crippen molar-refractivity contribution in [3.63, 3.8) is 0 Å². The fraction of sp³-hybridized carbons (Fsp3) is 0.400. The van der Waals surface area contributed by atoms with Gasteiger partial charge in [0.2, 0.25) is 11.2 Å². The summed E-state index contributed by atoms with van der Waals surface area (Å²) in [6, 6.07) is 8.75. The zero-order valence-corrected chi connectivity index (χ0v) is 12.6. The van der Waals surface area contributed by atoms with Crippen molar-refractivity contribution in [2.75, 3.05) is 18.5 Å². The van der Waals surface area contributed by atoms with Crippen LogP contribution in [0, 0.1) is 0 Å². The minimum Gasteiger partial charge on any atom is -0.463 e. The highest BCUT2D eigenvalue weighted by Crippen LogP contribution is 2.34. The fourth-order valence-corrected chi connectivity index (χ4v) is 2.58. The normalized spacial score (nSPS) is 16.0. The molecule has 2 aromatic rings. The molecule has 0 spiro atoms. The molecule has 1 aliphatic carbocycles. The summed E-state index contributed by atoms with van der Waals surface area (Å²) in [4.78, 5) is 12.2. The third kappa shape index (κ3) is 3.24. The predicted molar refractivity (Wildman–Crippen MR) is 82.0 cm³/mol. The van der Waals surface area contributed by atoms with E-state index in [0.29, 0.717) is 18.5 Å². The van der Waals surface area contributed by atoms with Crippen LogP contribution in [0.4, 0.5) is 5.95 Å². The van der Waals surface area contributed by atoms with Gasteiger partial charge in [0.1, 0.15) is 0 Å². The molecule has 0 saturated heterocycles. The summed E-state index contributed by atoms with van der Waals surface area (Å²) >= 11 is 5.89. The summed E-state index contributed by atoms with van der Waals surface area (Å²) in [6.45, 7) is 3.37. The minimum atomic E-state index is 0.146. The van der Waals surface area contributed by atoms with E-state index in [0.717, 1.165) is 19.4 Å². The van der Waals surface area contributed by atoms with Crippen molar-refractivity contribution in [2.24, 2.45) is 0 Å². The number of hydrogen-bond acceptors (Lipinski definition) is 5. The highest BCUT2D eigenvalue weighted by molar-refractivity contribution is 6.28. The lowest BCUT2D eigenvalue weighted by Gasteiger charge is -2.30. The molecule has 110 valence electrons. The maximum Gasteiger partial charge on any atom is 0.322 e. The standard InChI is InChI=1S/C15H17ClN4O/c1-2-7-21-15-19-13(16)18-14(20-15)17-9-11-8-10-5-3-4-6-12(10)11/h3-6,11H,2,7-9H2,1H3,(H,17,18,19,20). The van der Waals surface area contributed by atoms with Crippen molar-refractivity contribution in [2.45, 2.75) is 25.7 Å². The molecule has 0 amide bonds. The van der Waals surface area contributed by atoms with E-state index in [1.807, 2.05) is 6.92 Å². The monoisotopic (exact) mass is 304 g/mol. The molecule has 5 nitrogen and oxygen atoms in total. The van der Waals surface area contributed by atoms with E-state index in [9.17, 15) is 0 Å². The van der Waals surface area contributed by atoms with Gasteiger partial charge in [0.15, 0.2) is 0 Å². The van der Waals surface area contributed by atoms with Gasteiger partial charge in [-0.15, -0.1) is 0 Å². The van der Waals surface area contributed by atoms with Crippen molar-refractivity contribution in [3.8, 4) is 6.01 Å². The number of ether oxygens (including phenoxy) is 1. The average Bonchev–Trinajstić information content (AvgIpc) is 2.45. The quantitative estimate of drug-likeness (QED) is 0.888. The first kappa shape index (κ1) is 14.1. The van der Waals surface area contributed by atoms with E-state index in [-0.39, 0.29) is 11.3 Å². The van der Waals surface area contributed by atoms with E-state index in [2.05, 4.69) is 44.5 Å². The van der Waals surface area contributed by atoms with Gasteiger partial charge in [-0.05, 0) is 35.6 Å². The Hall–Kier alpha value is -1.88. The largest absolute Gasteiger partial charge is 0.463 e. The van der Waals surface area contributed by atoms with Crippen molar-refractivity contribution < 1.29 is 4.74 Å². The number of benzene rings is 1. The van der Waals surface area contributed by atoms with Crippen LogP contribution < -0.4 is 10.1 Å². The third-order valence-electron chi connectivity index (χ3n) is 3.49. The van der Waals surface area contributed by atoms with Gasteiger partial charge in [-0.1, -0.05) is 31.2 Å². The van der Waals surface area contributed by atoms with Crippen molar-refractivity contribution >= 4 is 17.5 Å². The molecule has 0 radical (unpaired) electrons. The molecule has 1 atom stereocenters. The second kappa shape index (κ2) is 6.26. The molecule has 1 heterocycles. The molecule has 1 unspecified atom stereocenters. The van der Waals surface area contributed by atoms with Crippen LogP contribution in [0.3, 0.4) is 0 Å². The summed E-state index contributed by atoms with van der Waals surface area (Å²) < 4.78 is 5.39. The average molecular weight is 305 g/mol. The van der Waals surface area contributed by atoms with Crippen LogP contribution in [0.2, 0.25) is 5.28 Å². The maximum atomic E-state index is 5.89. The number of hydrogen-bond donors (Lipinski definition) is 1. The molecule has 0 aliphatic heterocycles. The molecule has 21 heavy (non-hydrogen) atoms. The Morgan fingerprint density at radius 3 is 2.95 bits per heavy atom. The fourth-order valence-electron chi connectivity index (χ4n) is 2.43. The minimum absolute atomic E-state index is 0.146. The van der Waals surface area contributed by atoms with E-state index < -0.39 is 0 Å². The van der Waals surface area contributed by atoms with Crippen LogP contribution in [0.15, 0.2) is 24.3 Å². The maximum absolute atomic E-state index is 5.89. The Morgan fingerprint density at radius 2 is 2.14 bits per heavy atom. The molecule has 6 heteroatoms. The van der Waals surface area contributed by atoms with Crippen LogP contribution in [-0.4, -0.2) is 28.1 Å². The molecule has 1 N–H and O–H groups in total. The summed E-state index contributed by atoms with van der Waals surface area (Å²) in [5.41, 5.74) is 2.82. The number of nitrogens with one attached hydrogen (secondary N) is 1. The van der Waals surface area contributed by atoms with Gasteiger partial charge in [0.25, 0.3) is 0 Å². The molecule has 1 aromatic heterocycles. The predicted octanol–water partition coefficient (Wildman–Crippen LogP) is 3.07. The highest BCUT2D eigenvalue weighted by Gasteiger charge is 2.25. The summed E-state index contributed by atoms with van der Waals surface area (Å²) in [7, 11) is 0. The van der Waals surface area contributed by atoms with Gasteiger partial charge in [0, 0.05) is 12.5 Å². The Kier molecular flexibility index (Phi) is 4.20. The summed E-state index contributed by atoms with van der Waals surface area (Å²) in [5, 5.41) is 3.36. The molecular weight excluding hydrogens is 288 g/mol. The Bertz CT molecular complexity index is 635. The van der Waals surface area contributed by atoms with E-state index in [1.54, 1.807) is 0 Å².